The lowest BCUT2D eigenvalue weighted by Crippen LogP contribution is -2.53. The minimum atomic E-state index is -0.0185. The molecule has 0 saturated heterocycles. The van der Waals surface area contributed by atoms with Crippen LogP contribution in [0.3, 0.4) is 0 Å². The fraction of sp³-hybridized carbons (Fsp3) is 0.333. The lowest BCUT2D eigenvalue weighted by molar-refractivity contribution is -0.141. The van der Waals surface area contributed by atoms with Gasteiger partial charge in [-0.15, -0.1) is 0 Å². The highest BCUT2D eigenvalue weighted by molar-refractivity contribution is 6.02. The Morgan fingerprint density at radius 1 is 0.971 bits per heavy atom. The van der Waals surface area contributed by atoms with Crippen molar-refractivity contribution in [1.29, 1.82) is 5.41 Å². The van der Waals surface area contributed by atoms with Crippen molar-refractivity contribution in [3.63, 3.8) is 0 Å². The molecule has 4 rings (SSSR count). The van der Waals surface area contributed by atoms with Gasteiger partial charge >= 0.3 is 0 Å². The first-order valence-corrected chi connectivity index (χ1v) is 12.3. The fourth-order valence-corrected chi connectivity index (χ4v) is 4.80. The molecule has 1 aliphatic rings. The van der Waals surface area contributed by atoms with Crippen molar-refractivity contribution >= 4 is 11.7 Å². The minimum Gasteiger partial charge on any atom is -0.384 e. The van der Waals surface area contributed by atoms with Gasteiger partial charge in [0.15, 0.2) is 0 Å². The second-order valence-electron chi connectivity index (χ2n) is 9.67. The molecule has 176 valence electrons. The quantitative estimate of drug-likeness (QED) is 0.277. The summed E-state index contributed by atoms with van der Waals surface area (Å²) in [6.45, 7) is 5.00. The Bertz CT molecular complexity index is 1150. The van der Waals surface area contributed by atoms with Gasteiger partial charge < -0.3 is 10.6 Å². The minimum absolute atomic E-state index is 0.0185. The fourth-order valence-electron chi connectivity index (χ4n) is 4.80. The van der Waals surface area contributed by atoms with Crippen molar-refractivity contribution in [3.8, 4) is 22.3 Å². The van der Waals surface area contributed by atoms with Crippen LogP contribution in [-0.4, -0.2) is 22.2 Å². The molecule has 3 aromatic rings. The number of unbranched alkanes of at least 4 members (excludes halogenated alkanes) is 1. The Morgan fingerprint density at radius 2 is 1.65 bits per heavy atom. The van der Waals surface area contributed by atoms with Gasteiger partial charge in [0.2, 0.25) is 5.91 Å². The number of rotatable bonds is 9. The number of nitrogens with zero attached hydrogens (tertiary/aromatic N) is 1. The van der Waals surface area contributed by atoms with Gasteiger partial charge in [-0.3, -0.25) is 10.2 Å². The van der Waals surface area contributed by atoms with Crippen LogP contribution in [-0.2, 0) is 11.3 Å². The molecular formula is C30H35N3O. The van der Waals surface area contributed by atoms with Gasteiger partial charge in [0.25, 0.3) is 0 Å². The summed E-state index contributed by atoms with van der Waals surface area (Å²) in [5.74, 6) is 0.326. The molecule has 0 aromatic heterocycles. The zero-order valence-corrected chi connectivity index (χ0v) is 20.3. The number of nitrogens with one attached hydrogen (secondary N) is 1. The molecule has 3 aromatic carbocycles. The summed E-state index contributed by atoms with van der Waals surface area (Å²) < 4.78 is 0. The molecular weight excluding hydrogens is 418 g/mol. The van der Waals surface area contributed by atoms with E-state index in [0.717, 1.165) is 59.1 Å². The van der Waals surface area contributed by atoms with Crippen molar-refractivity contribution in [2.45, 2.75) is 64.5 Å². The Morgan fingerprint density at radius 3 is 2.24 bits per heavy atom. The SMILES string of the molecule is CCCCC(=O)N(Cc1ccc(-c2cc(-c3ccccc3)ccc2C(=N)N)cc1)C1(C)CCC1. The summed E-state index contributed by atoms with van der Waals surface area (Å²) in [6, 6.07) is 24.7. The van der Waals surface area contributed by atoms with E-state index in [1.807, 2.05) is 30.3 Å². The number of carbonyl (C=O) groups is 1. The van der Waals surface area contributed by atoms with Crippen molar-refractivity contribution in [2.24, 2.45) is 5.73 Å². The Labute approximate surface area is 203 Å². The van der Waals surface area contributed by atoms with Crippen LogP contribution in [0.5, 0.6) is 0 Å². The maximum Gasteiger partial charge on any atom is 0.223 e. The van der Waals surface area contributed by atoms with Crippen molar-refractivity contribution in [1.82, 2.24) is 4.90 Å². The van der Waals surface area contributed by atoms with E-state index in [1.54, 1.807) is 0 Å². The first kappa shape index (κ1) is 23.7. The number of amides is 1. The van der Waals surface area contributed by atoms with E-state index in [-0.39, 0.29) is 17.3 Å². The van der Waals surface area contributed by atoms with Crippen LogP contribution in [0.1, 0.15) is 63.5 Å². The molecule has 0 spiro atoms. The van der Waals surface area contributed by atoms with Gasteiger partial charge in [0.1, 0.15) is 5.84 Å². The molecule has 3 N–H and O–H groups in total. The van der Waals surface area contributed by atoms with E-state index in [4.69, 9.17) is 11.1 Å². The summed E-state index contributed by atoms with van der Waals surface area (Å²) in [7, 11) is 0. The molecule has 4 heteroatoms. The molecule has 0 heterocycles. The van der Waals surface area contributed by atoms with Crippen LogP contribution in [0.2, 0.25) is 0 Å². The highest BCUT2D eigenvalue weighted by Gasteiger charge is 2.40. The number of hydrogen-bond donors (Lipinski definition) is 2. The van der Waals surface area contributed by atoms with Crippen LogP contribution < -0.4 is 5.73 Å². The molecule has 4 nitrogen and oxygen atoms in total. The van der Waals surface area contributed by atoms with Crippen molar-refractivity contribution in [2.75, 3.05) is 0 Å². The second kappa shape index (κ2) is 10.3. The van der Waals surface area contributed by atoms with E-state index < -0.39 is 0 Å². The van der Waals surface area contributed by atoms with Gasteiger partial charge in [-0.2, -0.15) is 0 Å². The molecule has 1 saturated carbocycles. The normalized spacial score (nSPS) is 14.3. The number of amidine groups is 1. The largest absolute Gasteiger partial charge is 0.384 e. The summed E-state index contributed by atoms with van der Waals surface area (Å²) >= 11 is 0. The molecule has 1 fully saturated rings. The van der Waals surface area contributed by atoms with E-state index in [1.165, 1.54) is 6.42 Å². The van der Waals surface area contributed by atoms with Crippen molar-refractivity contribution < 1.29 is 4.79 Å². The van der Waals surface area contributed by atoms with Crippen LogP contribution in [0.25, 0.3) is 22.3 Å². The van der Waals surface area contributed by atoms with E-state index in [9.17, 15) is 4.79 Å². The third-order valence-corrected chi connectivity index (χ3v) is 7.15. The number of benzene rings is 3. The highest BCUT2D eigenvalue weighted by Crippen LogP contribution is 2.39. The predicted octanol–water partition coefficient (Wildman–Crippen LogP) is 6.77. The predicted molar refractivity (Wildman–Crippen MR) is 141 cm³/mol. The molecule has 34 heavy (non-hydrogen) atoms. The summed E-state index contributed by atoms with van der Waals surface area (Å²) in [4.78, 5) is 15.1. The number of hydrogen-bond acceptors (Lipinski definition) is 2. The maximum atomic E-state index is 13.0. The number of nitrogen functional groups attached to an aromatic ring is 1. The topological polar surface area (TPSA) is 70.2 Å². The molecule has 0 bridgehead atoms. The van der Waals surface area contributed by atoms with E-state index in [2.05, 4.69) is 61.2 Å². The van der Waals surface area contributed by atoms with Crippen LogP contribution in [0.15, 0.2) is 72.8 Å². The van der Waals surface area contributed by atoms with Crippen LogP contribution in [0.4, 0.5) is 0 Å². The molecule has 0 aliphatic heterocycles. The molecule has 0 atom stereocenters. The summed E-state index contributed by atoms with van der Waals surface area (Å²) in [5.41, 5.74) is 11.9. The standard InChI is InChI=1S/C30H35N3O/c1-3-4-11-28(34)33(30(2)18-8-19-30)21-22-12-14-24(15-13-22)27-20-25(16-17-26(27)29(31)32)23-9-6-5-7-10-23/h5-7,9-10,12-17,20H,3-4,8,11,18-19,21H2,1-2H3,(H3,31,32). The van der Waals surface area contributed by atoms with Gasteiger partial charge in [-0.25, -0.2) is 0 Å². The number of nitrogens with two attached hydrogens (primary N) is 1. The molecule has 1 amide bonds. The number of carbonyl (C=O) groups excluding carboxylic acids is 1. The average molecular weight is 454 g/mol. The van der Waals surface area contributed by atoms with Gasteiger partial charge in [0, 0.05) is 24.1 Å². The Hall–Kier alpha value is -3.40. The second-order valence-corrected chi connectivity index (χ2v) is 9.67. The monoisotopic (exact) mass is 453 g/mol. The van der Waals surface area contributed by atoms with E-state index in [0.29, 0.717) is 13.0 Å². The van der Waals surface area contributed by atoms with Crippen molar-refractivity contribution in [3.05, 3.63) is 83.9 Å². The van der Waals surface area contributed by atoms with E-state index >= 15 is 0 Å². The summed E-state index contributed by atoms with van der Waals surface area (Å²) in [5, 5.41) is 8.07. The first-order chi connectivity index (χ1) is 16.4. The molecule has 1 aliphatic carbocycles. The van der Waals surface area contributed by atoms with Gasteiger partial charge in [0.05, 0.1) is 0 Å². The Kier molecular flexibility index (Phi) is 7.16. The van der Waals surface area contributed by atoms with Gasteiger partial charge in [-0.05, 0) is 66.5 Å². The zero-order chi connectivity index (χ0) is 24.1. The van der Waals surface area contributed by atoms with Crippen LogP contribution >= 0.6 is 0 Å². The lowest BCUT2D eigenvalue weighted by Gasteiger charge is -2.48. The third kappa shape index (κ3) is 5.06. The smallest absolute Gasteiger partial charge is 0.223 e. The molecule has 0 radical (unpaired) electrons. The molecule has 0 unspecified atom stereocenters. The highest BCUT2D eigenvalue weighted by atomic mass is 16.2. The lowest BCUT2D eigenvalue weighted by atomic mass is 9.76. The van der Waals surface area contributed by atoms with Gasteiger partial charge in [-0.1, -0.05) is 80.1 Å². The van der Waals surface area contributed by atoms with Crippen LogP contribution in [0, 0.1) is 5.41 Å². The third-order valence-electron chi connectivity index (χ3n) is 7.15. The zero-order valence-electron chi connectivity index (χ0n) is 20.3. The Balaban J connectivity index is 1.61. The maximum absolute atomic E-state index is 13.0. The summed E-state index contributed by atoms with van der Waals surface area (Å²) in [6.07, 6.45) is 5.95. The average Bonchev–Trinajstić information content (AvgIpc) is 2.85. The first-order valence-electron chi connectivity index (χ1n) is 12.3.